The SMILES string of the molecule is c1cc(OCC2CO2)c(C2C3CC4CC(C3)CC2(c2c(OCC3CO3)cccc2OCC2CO2)C4)c(OCC2CO2)c1. The number of rotatable bonds is 14. The van der Waals surface area contributed by atoms with Crippen molar-refractivity contribution in [3.8, 4) is 23.0 Å². The van der Waals surface area contributed by atoms with E-state index in [-0.39, 0.29) is 35.7 Å². The van der Waals surface area contributed by atoms with E-state index < -0.39 is 0 Å². The Morgan fingerprint density at radius 1 is 0.571 bits per heavy atom. The first-order valence-corrected chi connectivity index (χ1v) is 16.0. The largest absolute Gasteiger partial charge is 0.490 e. The highest BCUT2D eigenvalue weighted by atomic mass is 16.6. The zero-order valence-corrected chi connectivity index (χ0v) is 24.0. The Hall–Kier alpha value is -2.52. The Morgan fingerprint density at radius 2 is 0.976 bits per heavy atom. The second kappa shape index (κ2) is 10.3. The first-order chi connectivity index (χ1) is 20.7. The smallest absolute Gasteiger partial charge is 0.126 e. The van der Waals surface area contributed by atoms with E-state index in [1.165, 1.54) is 30.4 Å². The maximum absolute atomic E-state index is 6.60. The van der Waals surface area contributed by atoms with Crippen LogP contribution in [0.2, 0.25) is 0 Å². The molecule has 4 aliphatic heterocycles. The molecule has 10 rings (SSSR count). The van der Waals surface area contributed by atoms with Crippen LogP contribution in [0.25, 0.3) is 0 Å². The molecule has 0 spiro atoms. The summed E-state index contributed by atoms with van der Waals surface area (Å²) in [5.41, 5.74) is 2.28. The van der Waals surface area contributed by atoms with E-state index in [1.807, 2.05) is 0 Å². The molecule has 4 saturated carbocycles. The highest BCUT2D eigenvalue weighted by Crippen LogP contribution is 2.70. The molecule has 8 aliphatic rings. The van der Waals surface area contributed by atoms with Crippen LogP contribution in [0.1, 0.15) is 49.1 Å². The Morgan fingerprint density at radius 3 is 1.40 bits per heavy atom. The highest BCUT2D eigenvalue weighted by molar-refractivity contribution is 5.58. The fraction of sp³-hybridized carbons (Fsp3) is 0.647. The lowest BCUT2D eigenvalue weighted by Gasteiger charge is -2.62. The van der Waals surface area contributed by atoms with E-state index >= 15 is 0 Å². The van der Waals surface area contributed by atoms with Crippen LogP contribution in [0.4, 0.5) is 0 Å². The molecule has 4 bridgehead atoms. The predicted molar refractivity (Wildman–Crippen MR) is 152 cm³/mol. The van der Waals surface area contributed by atoms with Crippen LogP contribution in [0.3, 0.4) is 0 Å². The van der Waals surface area contributed by atoms with Gasteiger partial charge in [-0.15, -0.1) is 0 Å². The summed E-state index contributed by atoms with van der Waals surface area (Å²) in [6.45, 7) is 5.33. The average Bonchev–Trinajstić information content (AvgIpc) is 3.81. The van der Waals surface area contributed by atoms with Crippen LogP contribution in [-0.4, -0.2) is 77.3 Å². The Bertz CT molecular complexity index is 1230. The molecule has 4 saturated heterocycles. The van der Waals surface area contributed by atoms with E-state index in [2.05, 4.69) is 36.4 Å². The highest BCUT2D eigenvalue weighted by Gasteiger charge is 2.61. The van der Waals surface area contributed by atoms with Crippen LogP contribution in [0.15, 0.2) is 36.4 Å². The van der Waals surface area contributed by atoms with Gasteiger partial charge in [-0.1, -0.05) is 12.1 Å². The zero-order valence-electron chi connectivity index (χ0n) is 24.0. The maximum atomic E-state index is 6.60. The van der Waals surface area contributed by atoms with Gasteiger partial charge in [0.2, 0.25) is 0 Å². The molecule has 0 radical (unpaired) electrons. The van der Waals surface area contributed by atoms with Crippen molar-refractivity contribution in [1.29, 1.82) is 0 Å². The standard InChI is InChI=1S/C34H40O8/c1-3-27(39-16-23-12-35-23)31(28(4-1)40-17-24-13-36-24)32-22-8-20-7-21(9-22)11-34(32,10-20)33-29(41-18-25-14-37-25)5-2-6-30(33)42-19-26-15-38-26/h1-6,20-26,32H,7-19H2. The lowest BCUT2D eigenvalue weighted by molar-refractivity contribution is -0.0319. The molecule has 7 unspecified atom stereocenters. The van der Waals surface area contributed by atoms with Gasteiger partial charge in [0.15, 0.2) is 0 Å². The van der Waals surface area contributed by atoms with Gasteiger partial charge in [0.05, 0.1) is 26.4 Å². The van der Waals surface area contributed by atoms with Crippen molar-refractivity contribution in [3.05, 3.63) is 47.5 Å². The van der Waals surface area contributed by atoms with Crippen molar-refractivity contribution >= 4 is 0 Å². The summed E-state index contributed by atoms with van der Waals surface area (Å²) >= 11 is 0. The summed E-state index contributed by atoms with van der Waals surface area (Å²) in [6.07, 6.45) is 6.78. The van der Waals surface area contributed by atoms with Gasteiger partial charge >= 0.3 is 0 Å². The zero-order chi connectivity index (χ0) is 27.7. The minimum absolute atomic E-state index is 0.154. The van der Waals surface area contributed by atoms with Gasteiger partial charge in [0.25, 0.3) is 0 Å². The fourth-order valence-corrected chi connectivity index (χ4v) is 8.62. The molecule has 224 valence electrons. The van der Waals surface area contributed by atoms with Crippen LogP contribution < -0.4 is 18.9 Å². The van der Waals surface area contributed by atoms with Crippen LogP contribution in [0, 0.1) is 17.8 Å². The molecule has 42 heavy (non-hydrogen) atoms. The van der Waals surface area contributed by atoms with Gasteiger partial charge in [-0.3, -0.25) is 0 Å². The molecule has 8 fully saturated rings. The monoisotopic (exact) mass is 576 g/mol. The molecule has 2 aromatic carbocycles. The molecule has 4 aliphatic carbocycles. The van der Waals surface area contributed by atoms with E-state index in [4.69, 9.17) is 37.9 Å². The van der Waals surface area contributed by atoms with Gasteiger partial charge < -0.3 is 37.9 Å². The van der Waals surface area contributed by atoms with Gasteiger partial charge in [-0.25, -0.2) is 0 Å². The molecular weight excluding hydrogens is 536 g/mol. The van der Waals surface area contributed by atoms with Gasteiger partial charge in [0.1, 0.15) is 73.8 Å². The molecule has 0 amide bonds. The fourth-order valence-electron chi connectivity index (χ4n) is 8.62. The molecular formula is C34H40O8. The van der Waals surface area contributed by atoms with Crippen molar-refractivity contribution in [1.82, 2.24) is 0 Å². The number of epoxide rings is 4. The minimum Gasteiger partial charge on any atom is -0.490 e. The molecule has 4 heterocycles. The summed E-state index contributed by atoms with van der Waals surface area (Å²) in [4.78, 5) is 0. The van der Waals surface area contributed by atoms with Crippen molar-refractivity contribution < 1.29 is 37.9 Å². The minimum atomic E-state index is -0.154. The van der Waals surface area contributed by atoms with Crippen LogP contribution in [0.5, 0.6) is 23.0 Å². The quantitative estimate of drug-likeness (QED) is 0.300. The second-order valence-electron chi connectivity index (χ2n) is 13.6. The normalized spacial score (nSPS) is 38.2. The third-order valence-electron chi connectivity index (χ3n) is 10.4. The summed E-state index contributed by atoms with van der Waals surface area (Å²) in [7, 11) is 0. The molecule has 0 aromatic heterocycles. The number of ether oxygens (including phenoxy) is 8. The van der Waals surface area contributed by atoms with Crippen molar-refractivity contribution in [2.24, 2.45) is 17.8 Å². The van der Waals surface area contributed by atoms with E-state index in [0.29, 0.717) is 44.2 Å². The first-order valence-electron chi connectivity index (χ1n) is 16.0. The maximum Gasteiger partial charge on any atom is 0.126 e. The topological polar surface area (TPSA) is 87.0 Å². The van der Waals surface area contributed by atoms with Crippen LogP contribution in [-0.2, 0) is 24.4 Å². The number of hydrogen-bond donors (Lipinski definition) is 0. The van der Waals surface area contributed by atoms with E-state index in [0.717, 1.165) is 62.3 Å². The summed E-state index contributed by atoms with van der Waals surface area (Å²) in [5, 5.41) is 0. The van der Waals surface area contributed by atoms with Gasteiger partial charge in [-0.2, -0.15) is 0 Å². The lowest BCUT2D eigenvalue weighted by Crippen LogP contribution is -2.54. The van der Waals surface area contributed by atoms with Crippen LogP contribution >= 0.6 is 0 Å². The average molecular weight is 577 g/mol. The van der Waals surface area contributed by atoms with Gasteiger partial charge in [-0.05, 0) is 74.1 Å². The number of benzene rings is 2. The summed E-state index contributed by atoms with van der Waals surface area (Å²) in [6, 6.07) is 12.7. The molecule has 2 aromatic rings. The Kier molecular flexibility index (Phi) is 6.35. The number of hydrogen-bond acceptors (Lipinski definition) is 8. The van der Waals surface area contributed by atoms with Gasteiger partial charge in [0, 0.05) is 22.5 Å². The van der Waals surface area contributed by atoms with Crippen molar-refractivity contribution in [3.63, 3.8) is 0 Å². The lowest BCUT2D eigenvalue weighted by atomic mass is 9.42. The molecule has 0 N–H and O–H groups in total. The molecule has 8 nitrogen and oxygen atoms in total. The third kappa shape index (κ3) is 5.04. The Labute approximate surface area is 246 Å². The summed E-state index contributed by atoms with van der Waals surface area (Å²) < 4.78 is 48.5. The van der Waals surface area contributed by atoms with Crippen molar-refractivity contribution in [2.75, 3.05) is 52.9 Å². The Balaban J connectivity index is 1.18. The molecule has 8 heteroatoms. The second-order valence-corrected chi connectivity index (χ2v) is 13.6. The first kappa shape index (κ1) is 25.9. The van der Waals surface area contributed by atoms with Crippen molar-refractivity contribution in [2.45, 2.75) is 67.9 Å². The predicted octanol–water partition coefficient (Wildman–Crippen LogP) is 4.66. The molecule has 7 atom stereocenters. The van der Waals surface area contributed by atoms with E-state index in [9.17, 15) is 0 Å². The van der Waals surface area contributed by atoms with E-state index in [1.54, 1.807) is 0 Å². The third-order valence-corrected chi connectivity index (χ3v) is 10.4. The summed E-state index contributed by atoms with van der Waals surface area (Å²) in [5.74, 6) is 5.89.